The van der Waals surface area contributed by atoms with Gasteiger partial charge in [-0.15, -0.1) is 0 Å². The lowest BCUT2D eigenvalue weighted by atomic mass is 9.89. The lowest BCUT2D eigenvalue weighted by molar-refractivity contribution is 0.393. The molecule has 0 amide bonds. The van der Waals surface area contributed by atoms with Gasteiger partial charge < -0.3 is 37.9 Å². The zero-order valence-electron chi connectivity index (χ0n) is 27.6. The van der Waals surface area contributed by atoms with Gasteiger partial charge in [0.1, 0.15) is 46.0 Å². The molecule has 8 heteroatoms. The summed E-state index contributed by atoms with van der Waals surface area (Å²) in [5.41, 5.74) is 5.37. The second kappa shape index (κ2) is 16.1. The van der Waals surface area contributed by atoms with Crippen LogP contribution in [0.2, 0.25) is 0 Å². The average Bonchev–Trinajstić information content (AvgIpc) is 3.11. The van der Waals surface area contributed by atoms with Crippen LogP contribution < -0.4 is 37.9 Å². The number of hydrogen-bond donors (Lipinski definition) is 0. The molecule has 0 heterocycles. The smallest absolute Gasteiger partial charge is 0.123 e. The lowest BCUT2D eigenvalue weighted by Gasteiger charge is -2.17. The van der Waals surface area contributed by atoms with Crippen LogP contribution in [0.25, 0.3) is 5.57 Å². The quantitative estimate of drug-likeness (QED) is 0.147. The minimum absolute atomic E-state index is 0.470. The summed E-state index contributed by atoms with van der Waals surface area (Å²) in [4.78, 5) is 0. The highest BCUT2D eigenvalue weighted by molar-refractivity contribution is 5.77. The normalized spacial score (nSPS) is 11.0. The molecule has 0 saturated carbocycles. The Morgan fingerprint density at radius 1 is 0.413 bits per heavy atom. The van der Waals surface area contributed by atoms with Crippen molar-refractivity contribution in [2.75, 3.05) is 56.9 Å². The summed E-state index contributed by atoms with van der Waals surface area (Å²) in [5.74, 6) is 12.2. The van der Waals surface area contributed by atoms with Crippen LogP contribution in [-0.4, -0.2) is 56.9 Å². The SMILES string of the molecule is COc1cc(C#C/C(Cc2cc(OC)cc(OC)c2)=C(\Cc2cc(OC)cc(OC)c2)c2cc(OC)cc(OC)c2)cc(OC)c1. The van der Waals surface area contributed by atoms with Gasteiger partial charge in [-0.3, -0.25) is 0 Å². The minimum Gasteiger partial charge on any atom is -0.497 e. The first-order valence-electron chi connectivity index (χ1n) is 14.5. The third kappa shape index (κ3) is 8.60. The van der Waals surface area contributed by atoms with Crippen molar-refractivity contribution >= 4 is 5.57 Å². The van der Waals surface area contributed by atoms with Crippen LogP contribution in [-0.2, 0) is 12.8 Å². The van der Waals surface area contributed by atoms with Gasteiger partial charge >= 0.3 is 0 Å². The van der Waals surface area contributed by atoms with Crippen molar-refractivity contribution in [2.24, 2.45) is 0 Å². The molecular formula is C38H40O8. The number of rotatable bonds is 13. The van der Waals surface area contributed by atoms with Gasteiger partial charge in [0.2, 0.25) is 0 Å². The maximum absolute atomic E-state index is 5.67. The predicted molar refractivity (Wildman–Crippen MR) is 179 cm³/mol. The third-order valence-corrected chi connectivity index (χ3v) is 7.36. The zero-order chi connectivity index (χ0) is 33.1. The van der Waals surface area contributed by atoms with Crippen molar-refractivity contribution in [3.05, 3.63) is 101 Å². The number of allylic oxidation sites excluding steroid dienone is 2. The molecule has 0 saturated heterocycles. The van der Waals surface area contributed by atoms with E-state index in [4.69, 9.17) is 37.9 Å². The molecule has 4 aromatic rings. The summed E-state index contributed by atoms with van der Waals surface area (Å²) < 4.78 is 44.7. The van der Waals surface area contributed by atoms with E-state index in [-0.39, 0.29) is 0 Å². The molecule has 4 aromatic carbocycles. The molecule has 0 fully saturated rings. The summed E-state index contributed by atoms with van der Waals surface area (Å²) in [6.45, 7) is 0. The summed E-state index contributed by atoms with van der Waals surface area (Å²) in [6.07, 6.45) is 0.966. The molecule has 8 nitrogen and oxygen atoms in total. The zero-order valence-corrected chi connectivity index (χ0v) is 27.6. The topological polar surface area (TPSA) is 73.8 Å². The number of hydrogen-bond acceptors (Lipinski definition) is 8. The van der Waals surface area contributed by atoms with Gasteiger partial charge in [0.25, 0.3) is 0 Å². The van der Waals surface area contributed by atoms with Crippen LogP contribution in [0.1, 0.15) is 22.3 Å². The first kappa shape index (κ1) is 33.5. The minimum atomic E-state index is 0.470. The van der Waals surface area contributed by atoms with E-state index < -0.39 is 0 Å². The van der Waals surface area contributed by atoms with Gasteiger partial charge in [0.15, 0.2) is 0 Å². The molecule has 0 spiro atoms. The summed E-state index contributed by atoms with van der Waals surface area (Å²) in [6, 6.07) is 23.0. The Labute approximate surface area is 271 Å². The maximum Gasteiger partial charge on any atom is 0.123 e. The number of benzene rings is 4. The van der Waals surface area contributed by atoms with Gasteiger partial charge in [-0.05, 0) is 77.2 Å². The van der Waals surface area contributed by atoms with Crippen LogP contribution in [0.5, 0.6) is 46.0 Å². The second-order valence-electron chi connectivity index (χ2n) is 10.2. The Balaban J connectivity index is 2.03. The van der Waals surface area contributed by atoms with Gasteiger partial charge in [-0.25, -0.2) is 0 Å². The van der Waals surface area contributed by atoms with E-state index in [2.05, 4.69) is 11.8 Å². The number of ether oxygens (including phenoxy) is 8. The largest absolute Gasteiger partial charge is 0.497 e. The molecule has 240 valence electrons. The van der Waals surface area contributed by atoms with Crippen LogP contribution in [0.15, 0.2) is 78.4 Å². The van der Waals surface area contributed by atoms with Gasteiger partial charge in [-0.1, -0.05) is 11.8 Å². The highest BCUT2D eigenvalue weighted by Gasteiger charge is 2.16. The first-order chi connectivity index (χ1) is 22.3. The van der Waals surface area contributed by atoms with Crippen LogP contribution in [0.4, 0.5) is 0 Å². The van der Waals surface area contributed by atoms with Crippen molar-refractivity contribution in [3.8, 4) is 57.8 Å². The maximum atomic E-state index is 5.67. The number of methoxy groups -OCH3 is 8. The second-order valence-corrected chi connectivity index (χ2v) is 10.2. The van der Waals surface area contributed by atoms with Crippen LogP contribution in [0, 0.1) is 11.8 Å². The van der Waals surface area contributed by atoms with Crippen molar-refractivity contribution < 1.29 is 37.9 Å². The molecule has 0 aliphatic carbocycles. The summed E-state index contributed by atoms with van der Waals surface area (Å²) >= 11 is 0. The standard InChI is InChI=1S/C38H40O8/c1-39-30-12-25(13-31(21-30)40-2)9-10-28(11-26-14-32(41-3)22-33(15-26)42-4)38(29-19-36(45-7)24-37(20-29)46-8)18-27-16-34(43-5)23-35(17-27)44-6/h12-17,19-24H,11,18H2,1-8H3/b38-28-. The van der Waals surface area contributed by atoms with E-state index in [1.165, 1.54) is 0 Å². The van der Waals surface area contributed by atoms with E-state index in [0.29, 0.717) is 58.8 Å². The van der Waals surface area contributed by atoms with Gasteiger partial charge in [0, 0.05) is 41.8 Å². The van der Waals surface area contributed by atoms with Gasteiger partial charge in [-0.2, -0.15) is 0 Å². The Morgan fingerprint density at radius 3 is 1.11 bits per heavy atom. The fraction of sp³-hybridized carbons (Fsp3) is 0.263. The van der Waals surface area contributed by atoms with Crippen LogP contribution in [0.3, 0.4) is 0 Å². The fourth-order valence-electron chi connectivity index (χ4n) is 4.96. The Kier molecular flexibility index (Phi) is 11.7. The molecule has 0 aliphatic rings. The van der Waals surface area contributed by atoms with E-state index in [1.54, 1.807) is 56.9 Å². The molecule has 0 radical (unpaired) electrons. The first-order valence-corrected chi connectivity index (χ1v) is 14.5. The summed E-state index contributed by atoms with van der Waals surface area (Å²) in [5, 5.41) is 0. The molecule has 46 heavy (non-hydrogen) atoms. The Morgan fingerprint density at radius 2 is 0.739 bits per heavy atom. The monoisotopic (exact) mass is 624 g/mol. The van der Waals surface area contributed by atoms with E-state index in [1.807, 2.05) is 72.8 Å². The van der Waals surface area contributed by atoms with Crippen LogP contribution >= 0.6 is 0 Å². The van der Waals surface area contributed by atoms with Gasteiger partial charge in [0.05, 0.1) is 56.9 Å². The molecule has 0 atom stereocenters. The molecule has 4 rings (SSSR count). The molecule has 0 N–H and O–H groups in total. The highest BCUT2D eigenvalue weighted by Crippen LogP contribution is 2.35. The van der Waals surface area contributed by atoms with Crippen molar-refractivity contribution in [2.45, 2.75) is 12.8 Å². The molecular weight excluding hydrogens is 584 g/mol. The van der Waals surface area contributed by atoms with Crippen molar-refractivity contribution in [3.63, 3.8) is 0 Å². The van der Waals surface area contributed by atoms with Crippen molar-refractivity contribution in [1.82, 2.24) is 0 Å². The Hall–Kier alpha value is -5.42. The highest BCUT2D eigenvalue weighted by atomic mass is 16.5. The lowest BCUT2D eigenvalue weighted by Crippen LogP contribution is -2.02. The van der Waals surface area contributed by atoms with Crippen molar-refractivity contribution in [1.29, 1.82) is 0 Å². The average molecular weight is 625 g/mol. The molecule has 0 aromatic heterocycles. The fourth-order valence-corrected chi connectivity index (χ4v) is 4.96. The molecule has 0 bridgehead atoms. The summed E-state index contributed by atoms with van der Waals surface area (Å²) in [7, 11) is 13.0. The Bertz CT molecular complexity index is 1660. The molecule has 0 aliphatic heterocycles. The third-order valence-electron chi connectivity index (χ3n) is 7.36. The predicted octanol–water partition coefficient (Wildman–Crippen LogP) is 7.05. The van der Waals surface area contributed by atoms with E-state index in [9.17, 15) is 0 Å². The molecule has 0 unspecified atom stereocenters. The van der Waals surface area contributed by atoms with E-state index in [0.717, 1.165) is 33.4 Å². The van der Waals surface area contributed by atoms with E-state index >= 15 is 0 Å².